The molecule has 0 saturated carbocycles. The van der Waals surface area contributed by atoms with E-state index in [1.54, 1.807) is 0 Å². The van der Waals surface area contributed by atoms with Crippen molar-refractivity contribution in [2.45, 2.75) is 46.6 Å². The molecule has 0 aliphatic heterocycles. The molecule has 0 spiro atoms. The SMILES string of the molecule is C=C(CCc1cccc(C(=C)/N=C(/Nc2ccc(C)c(C=N)c2)c2ccccc2C)c1)NC(C)C. The van der Waals surface area contributed by atoms with Crippen LogP contribution in [0.1, 0.15) is 53.6 Å². The van der Waals surface area contributed by atoms with Gasteiger partial charge in [-0.3, -0.25) is 0 Å². The smallest absolute Gasteiger partial charge is 0.138 e. The summed E-state index contributed by atoms with van der Waals surface area (Å²) in [4.78, 5) is 4.95. The summed E-state index contributed by atoms with van der Waals surface area (Å²) in [5, 5.41) is 14.6. The zero-order chi connectivity index (χ0) is 25.4. The minimum atomic E-state index is 0.388. The molecular weight excluding hydrogens is 428 g/mol. The summed E-state index contributed by atoms with van der Waals surface area (Å²) in [7, 11) is 0. The van der Waals surface area contributed by atoms with Crippen molar-refractivity contribution in [1.29, 1.82) is 5.41 Å². The molecule has 4 heteroatoms. The third-order valence-corrected chi connectivity index (χ3v) is 5.81. The van der Waals surface area contributed by atoms with Crippen LogP contribution in [0, 0.1) is 19.3 Å². The van der Waals surface area contributed by atoms with Gasteiger partial charge in [-0.05, 0) is 86.6 Å². The van der Waals surface area contributed by atoms with Gasteiger partial charge in [0.1, 0.15) is 5.84 Å². The quantitative estimate of drug-likeness (QED) is 0.218. The van der Waals surface area contributed by atoms with E-state index in [1.807, 2.05) is 43.3 Å². The molecular formula is C31H36N4. The van der Waals surface area contributed by atoms with Gasteiger partial charge >= 0.3 is 0 Å². The molecule has 35 heavy (non-hydrogen) atoms. The average molecular weight is 465 g/mol. The standard InChI is InChI=1S/C31H36N4/c1-21(2)33-24(5)15-16-26-11-9-12-27(18-26)25(6)34-31(30-13-8-7-10-23(30)4)35-29-17-14-22(3)28(19-29)20-32/h7-14,17-21,32-33H,5-6,15-16H2,1-4H3,(H,34,35). The van der Waals surface area contributed by atoms with Crippen molar-refractivity contribution in [2.24, 2.45) is 4.99 Å². The van der Waals surface area contributed by atoms with Gasteiger partial charge in [0.05, 0.1) is 5.70 Å². The highest BCUT2D eigenvalue weighted by molar-refractivity contribution is 6.11. The molecule has 3 aromatic rings. The summed E-state index contributed by atoms with van der Waals surface area (Å²) in [6.07, 6.45) is 3.17. The fourth-order valence-corrected chi connectivity index (χ4v) is 3.89. The lowest BCUT2D eigenvalue weighted by molar-refractivity contribution is 0.643. The Morgan fingerprint density at radius 3 is 2.46 bits per heavy atom. The maximum atomic E-state index is 7.69. The molecule has 0 heterocycles. The highest BCUT2D eigenvalue weighted by atomic mass is 15.0. The lowest BCUT2D eigenvalue weighted by Crippen LogP contribution is -2.21. The molecule has 0 saturated heterocycles. The van der Waals surface area contributed by atoms with E-state index in [2.05, 4.69) is 74.9 Å². The van der Waals surface area contributed by atoms with Crippen LogP contribution in [0.2, 0.25) is 0 Å². The number of aryl methyl sites for hydroxylation is 3. The predicted molar refractivity (Wildman–Crippen MR) is 152 cm³/mol. The van der Waals surface area contributed by atoms with Crippen molar-refractivity contribution in [1.82, 2.24) is 5.32 Å². The van der Waals surface area contributed by atoms with Gasteiger partial charge in [0.25, 0.3) is 0 Å². The van der Waals surface area contributed by atoms with Gasteiger partial charge in [0.15, 0.2) is 0 Å². The number of nitrogens with one attached hydrogen (secondary N) is 3. The number of hydrogen-bond donors (Lipinski definition) is 3. The lowest BCUT2D eigenvalue weighted by atomic mass is 10.0. The van der Waals surface area contributed by atoms with Crippen LogP contribution in [-0.4, -0.2) is 18.1 Å². The van der Waals surface area contributed by atoms with Crippen molar-refractivity contribution in [2.75, 3.05) is 5.32 Å². The van der Waals surface area contributed by atoms with Crippen molar-refractivity contribution in [3.63, 3.8) is 0 Å². The maximum absolute atomic E-state index is 7.69. The van der Waals surface area contributed by atoms with Gasteiger partial charge in [-0.25, -0.2) is 4.99 Å². The Kier molecular flexibility index (Phi) is 8.80. The second kappa shape index (κ2) is 12.0. The minimum absolute atomic E-state index is 0.388. The number of rotatable bonds is 10. The van der Waals surface area contributed by atoms with Crippen molar-refractivity contribution in [3.05, 3.63) is 119 Å². The van der Waals surface area contributed by atoms with Gasteiger partial charge < -0.3 is 16.0 Å². The Morgan fingerprint density at radius 1 is 0.971 bits per heavy atom. The van der Waals surface area contributed by atoms with E-state index in [9.17, 15) is 0 Å². The van der Waals surface area contributed by atoms with Crippen LogP contribution in [0.15, 0.2) is 90.6 Å². The van der Waals surface area contributed by atoms with E-state index in [1.165, 1.54) is 11.8 Å². The Balaban J connectivity index is 1.89. The normalized spacial score (nSPS) is 11.3. The number of hydrogen-bond acceptors (Lipinski definition) is 3. The number of allylic oxidation sites excluding steroid dienone is 1. The third kappa shape index (κ3) is 7.28. The van der Waals surface area contributed by atoms with Gasteiger partial charge in [0.2, 0.25) is 0 Å². The summed E-state index contributed by atoms with van der Waals surface area (Å²) in [5.41, 5.74) is 8.91. The molecule has 0 aliphatic carbocycles. The molecule has 0 radical (unpaired) electrons. The highest BCUT2D eigenvalue weighted by Crippen LogP contribution is 2.21. The zero-order valence-corrected chi connectivity index (χ0v) is 21.3. The largest absolute Gasteiger partial charge is 0.387 e. The highest BCUT2D eigenvalue weighted by Gasteiger charge is 2.10. The number of amidine groups is 1. The monoisotopic (exact) mass is 464 g/mol. The fourth-order valence-electron chi connectivity index (χ4n) is 3.89. The summed E-state index contributed by atoms with van der Waals surface area (Å²) >= 11 is 0. The number of nitrogens with zero attached hydrogens (tertiary/aromatic N) is 1. The van der Waals surface area contributed by atoms with E-state index in [0.29, 0.717) is 11.7 Å². The van der Waals surface area contributed by atoms with Gasteiger partial charge in [-0.15, -0.1) is 0 Å². The van der Waals surface area contributed by atoms with E-state index in [0.717, 1.165) is 57.9 Å². The predicted octanol–water partition coefficient (Wildman–Crippen LogP) is 7.28. The van der Waals surface area contributed by atoms with Crippen molar-refractivity contribution >= 4 is 23.4 Å². The molecule has 3 rings (SSSR count). The summed E-state index contributed by atoms with van der Waals surface area (Å²) in [6.45, 7) is 16.7. The van der Waals surface area contributed by atoms with E-state index >= 15 is 0 Å². The van der Waals surface area contributed by atoms with Crippen LogP contribution in [0.5, 0.6) is 0 Å². The summed E-state index contributed by atoms with van der Waals surface area (Å²) in [5.74, 6) is 0.729. The van der Waals surface area contributed by atoms with Crippen LogP contribution in [0.3, 0.4) is 0 Å². The average Bonchev–Trinajstić information content (AvgIpc) is 2.83. The molecule has 0 aromatic heterocycles. The lowest BCUT2D eigenvalue weighted by Gasteiger charge is -2.15. The third-order valence-electron chi connectivity index (χ3n) is 5.81. The minimum Gasteiger partial charge on any atom is -0.387 e. The fraction of sp³-hybridized carbons (Fsp3) is 0.226. The van der Waals surface area contributed by atoms with Gasteiger partial charge in [0, 0.05) is 29.2 Å². The Bertz CT molecular complexity index is 1250. The number of aliphatic imine (C=N–C) groups is 1. The molecule has 3 aromatic carbocycles. The van der Waals surface area contributed by atoms with Gasteiger partial charge in [-0.2, -0.15) is 0 Å². The van der Waals surface area contributed by atoms with Crippen LogP contribution in [-0.2, 0) is 6.42 Å². The molecule has 0 amide bonds. The van der Waals surface area contributed by atoms with Crippen molar-refractivity contribution in [3.8, 4) is 0 Å². The molecule has 0 unspecified atom stereocenters. The maximum Gasteiger partial charge on any atom is 0.138 e. The first-order valence-electron chi connectivity index (χ1n) is 12.0. The second-order valence-electron chi connectivity index (χ2n) is 9.17. The topological polar surface area (TPSA) is 60.3 Å². The zero-order valence-electron chi connectivity index (χ0n) is 21.3. The molecule has 0 bridgehead atoms. The number of anilines is 1. The second-order valence-corrected chi connectivity index (χ2v) is 9.17. The molecule has 3 N–H and O–H groups in total. The first-order valence-corrected chi connectivity index (χ1v) is 12.0. The number of benzene rings is 3. The van der Waals surface area contributed by atoms with Crippen LogP contribution >= 0.6 is 0 Å². The van der Waals surface area contributed by atoms with E-state index < -0.39 is 0 Å². The van der Waals surface area contributed by atoms with E-state index in [4.69, 9.17) is 10.4 Å². The van der Waals surface area contributed by atoms with Crippen molar-refractivity contribution < 1.29 is 0 Å². The first-order chi connectivity index (χ1) is 16.8. The molecule has 180 valence electrons. The van der Waals surface area contributed by atoms with Crippen LogP contribution in [0.4, 0.5) is 5.69 Å². The Labute approximate surface area is 210 Å². The van der Waals surface area contributed by atoms with Gasteiger partial charge in [-0.1, -0.05) is 61.7 Å². The Morgan fingerprint density at radius 2 is 1.74 bits per heavy atom. The first kappa shape index (κ1) is 25.7. The van der Waals surface area contributed by atoms with Crippen LogP contribution in [0.25, 0.3) is 5.70 Å². The van der Waals surface area contributed by atoms with E-state index in [-0.39, 0.29) is 0 Å². The molecule has 0 aliphatic rings. The molecule has 0 atom stereocenters. The molecule has 4 nitrogen and oxygen atoms in total. The molecule has 0 fully saturated rings. The van der Waals surface area contributed by atoms with Crippen LogP contribution < -0.4 is 10.6 Å². The summed E-state index contributed by atoms with van der Waals surface area (Å²) in [6, 6.07) is 22.9. The summed E-state index contributed by atoms with van der Waals surface area (Å²) < 4.78 is 0. The Hall–Kier alpha value is -3.92.